The van der Waals surface area contributed by atoms with E-state index in [1.807, 2.05) is 30.3 Å². The Morgan fingerprint density at radius 1 is 1.04 bits per heavy atom. The summed E-state index contributed by atoms with van der Waals surface area (Å²) in [7, 11) is 1.61. The van der Waals surface area contributed by atoms with Crippen molar-refractivity contribution in [2.45, 2.75) is 13.1 Å². The van der Waals surface area contributed by atoms with Crippen LogP contribution in [0.5, 0.6) is 0 Å². The minimum atomic E-state index is -1.50. The molecule has 7 heteroatoms. The Kier molecular flexibility index (Phi) is 4.79. The highest BCUT2D eigenvalue weighted by Crippen LogP contribution is 2.12. The standard InChI is InChI=1S/C19H17N3O4/c1-21(11-13-7-3-2-4-8-13)16(23)12-22-18(24)15-10-6-5-9-14(15)17(20-22)19(25)26/h2-10H,11-12H2,1H3,(H,25,26)/p-1. The van der Waals surface area contributed by atoms with Crippen molar-refractivity contribution in [3.63, 3.8) is 0 Å². The first-order valence-corrected chi connectivity index (χ1v) is 7.96. The average molecular weight is 350 g/mol. The van der Waals surface area contributed by atoms with Crippen molar-refractivity contribution in [1.82, 2.24) is 14.7 Å². The Hall–Kier alpha value is -3.48. The summed E-state index contributed by atoms with van der Waals surface area (Å²) in [5, 5.41) is 15.6. The van der Waals surface area contributed by atoms with Crippen molar-refractivity contribution in [1.29, 1.82) is 0 Å². The summed E-state index contributed by atoms with van der Waals surface area (Å²) in [6, 6.07) is 15.6. The van der Waals surface area contributed by atoms with E-state index >= 15 is 0 Å². The first-order chi connectivity index (χ1) is 12.5. The van der Waals surface area contributed by atoms with Crippen LogP contribution in [0.3, 0.4) is 0 Å². The molecule has 0 unspecified atom stereocenters. The van der Waals surface area contributed by atoms with Gasteiger partial charge in [-0.05, 0) is 11.6 Å². The molecule has 7 nitrogen and oxygen atoms in total. The van der Waals surface area contributed by atoms with Gasteiger partial charge in [-0.1, -0.05) is 48.5 Å². The van der Waals surface area contributed by atoms with E-state index in [1.165, 1.54) is 17.0 Å². The second-order valence-corrected chi connectivity index (χ2v) is 5.88. The number of hydrogen-bond donors (Lipinski definition) is 0. The maximum Gasteiger partial charge on any atom is 0.275 e. The smallest absolute Gasteiger partial charge is 0.275 e. The first-order valence-electron chi connectivity index (χ1n) is 7.96. The zero-order valence-electron chi connectivity index (χ0n) is 14.1. The van der Waals surface area contributed by atoms with Crippen molar-refractivity contribution >= 4 is 22.6 Å². The molecule has 3 aromatic rings. The summed E-state index contributed by atoms with van der Waals surface area (Å²) in [6.07, 6.45) is 0. The lowest BCUT2D eigenvalue weighted by molar-refractivity contribution is -0.255. The van der Waals surface area contributed by atoms with Gasteiger partial charge in [0, 0.05) is 19.0 Å². The van der Waals surface area contributed by atoms with Crippen molar-refractivity contribution < 1.29 is 14.7 Å². The van der Waals surface area contributed by atoms with E-state index in [1.54, 1.807) is 19.2 Å². The van der Waals surface area contributed by atoms with Gasteiger partial charge in [0.25, 0.3) is 5.56 Å². The van der Waals surface area contributed by atoms with E-state index in [-0.39, 0.29) is 28.9 Å². The minimum absolute atomic E-state index is 0.181. The first kappa shape index (κ1) is 17.3. The molecule has 0 aliphatic carbocycles. The van der Waals surface area contributed by atoms with E-state index in [0.29, 0.717) is 6.54 Å². The minimum Gasteiger partial charge on any atom is -0.543 e. The number of nitrogens with zero attached hydrogens (tertiary/aromatic N) is 3. The molecular formula is C19H16N3O4-. The number of carbonyl (C=O) groups is 2. The van der Waals surface area contributed by atoms with Gasteiger partial charge in [-0.3, -0.25) is 9.59 Å². The predicted molar refractivity (Wildman–Crippen MR) is 93.2 cm³/mol. The Labute approximate surface area is 149 Å². The molecule has 26 heavy (non-hydrogen) atoms. The Morgan fingerprint density at radius 3 is 2.31 bits per heavy atom. The summed E-state index contributed by atoms with van der Waals surface area (Å²) in [6.45, 7) is 0.0165. The number of aromatic carboxylic acids is 1. The normalized spacial score (nSPS) is 10.7. The van der Waals surface area contributed by atoms with Gasteiger partial charge in [0.2, 0.25) is 5.91 Å². The maximum atomic E-state index is 12.5. The molecule has 132 valence electrons. The quantitative estimate of drug-likeness (QED) is 0.664. The molecule has 0 spiro atoms. The Balaban J connectivity index is 1.91. The maximum absolute atomic E-state index is 12.5. The van der Waals surface area contributed by atoms with Crippen molar-refractivity contribution in [3.05, 3.63) is 76.2 Å². The summed E-state index contributed by atoms with van der Waals surface area (Å²) in [5.41, 5.74) is 0.0587. The van der Waals surface area contributed by atoms with Gasteiger partial charge in [-0.25, -0.2) is 4.68 Å². The second-order valence-electron chi connectivity index (χ2n) is 5.88. The number of rotatable bonds is 5. The lowest BCUT2D eigenvalue weighted by atomic mass is 10.1. The third kappa shape index (κ3) is 3.46. The molecule has 0 aliphatic heterocycles. The highest BCUT2D eigenvalue weighted by atomic mass is 16.4. The van der Waals surface area contributed by atoms with E-state index in [9.17, 15) is 19.5 Å². The van der Waals surface area contributed by atoms with Crippen LogP contribution in [0.15, 0.2) is 59.4 Å². The largest absolute Gasteiger partial charge is 0.543 e. The van der Waals surface area contributed by atoms with Crippen molar-refractivity contribution in [2.75, 3.05) is 7.05 Å². The summed E-state index contributed by atoms with van der Waals surface area (Å²) < 4.78 is 0.872. The van der Waals surface area contributed by atoms with Gasteiger partial charge in [-0.2, -0.15) is 5.10 Å². The molecule has 2 aromatic carbocycles. The molecule has 0 bridgehead atoms. The average Bonchev–Trinajstić information content (AvgIpc) is 2.64. The molecule has 0 atom stereocenters. The number of likely N-dealkylation sites (N-methyl/N-ethyl adjacent to an activating group) is 1. The van der Waals surface area contributed by atoms with Crippen LogP contribution < -0.4 is 10.7 Å². The summed E-state index contributed by atoms with van der Waals surface area (Å²) in [4.78, 5) is 37.8. The fraction of sp³-hybridized carbons (Fsp3) is 0.158. The number of hydrogen-bond acceptors (Lipinski definition) is 5. The number of fused-ring (bicyclic) bond motifs is 1. The number of carboxylic acids is 1. The van der Waals surface area contributed by atoms with Crippen LogP contribution in [-0.2, 0) is 17.9 Å². The van der Waals surface area contributed by atoms with Gasteiger partial charge in [0.05, 0.1) is 11.4 Å². The molecule has 0 radical (unpaired) electrons. The van der Waals surface area contributed by atoms with Crippen LogP contribution in [0, 0.1) is 0 Å². The van der Waals surface area contributed by atoms with Crippen LogP contribution in [0.2, 0.25) is 0 Å². The van der Waals surface area contributed by atoms with Crippen LogP contribution in [0.1, 0.15) is 16.1 Å². The van der Waals surface area contributed by atoms with Crippen LogP contribution in [0.25, 0.3) is 10.8 Å². The molecule has 0 saturated carbocycles. The number of aromatic nitrogens is 2. The highest BCUT2D eigenvalue weighted by molar-refractivity contribution is 6.00. The lowest BCUT2D eigenvalue weighted by Gasteiger charge is -2.18. The van der Waals surface area contributed by atoms with E-state index in [2.05, 4.69) is 5.10 Å². The third-order valence-electron chi connectivity index (χ3n) is 4.03. The summed E-state index contributed by atoms with van der Waals surface area (Å²) >= 11 is 0. The summed E-state index contributed by atoms with van der Waals surface area (Å²) in [5.74, 6) is -1.86. The monoisotopic (exact) mass is 350 g/mol. The molecule has 3 rings (SSSR count). The second kappa shape index (κ2) is 7.18. The van der Waals surface area contributed by atoms with Gasteiger partial charge in [-0.15, -0.1) is 0 Å². The van der Waals surface area contributed by atoms with E-state index < -0.39 is 11.5 Å². The number of carboxylic acid groups (broad SMARTS) is 1. The third-order valence-corrected chi connectivity index (χ3v) is 4.03. The number of benzene rings is 2. The van der Waals surface area contributed by atoms with Crippen molar-refractivity contribution in [3.8, 4) is 0 Å². The fourth-order valence-electron chi connectivity index (χ4n) is 2.69. The van der Waals surface area contributed by atoms with E-state index in [0.717, 1.165) is 10.2 Å². The Morgan fingerprint density at radius 2 is 1.65 bits per heavy atom. The van der Waals surface area contributed by atoms with Crippen LogP contribution >= 0.6 is 0 Å². The molecule has 0 fully saturated rings. The Bertz CT molecular complexity index is 1030. The molecule has 1 heterocycles. The van der Waals surface area contributed by atoms with Gasteiger partial charge in [0.15, 0.2) is 0 Å². The van der Waals surface area contributed by atoms with Gasteiger partial charge in [0.1, 0.15) is 12.2 Å². The zero-order chi connectivity index (χ0) is 18.7. The highest BCUT2D eigenvalue weighted by Gasteiger charge is 2.16. The molecule has 0 saturated heterocycles. The predicted octanol–water partition coefficient (Wildman–Crippen LogP) is 0.419. The van der Waals surface area contributed by atoms with Crippen LogP contribution in [0.4, 0.5) is 0 Å². The molecular weight excluding hydrogens is 334 g/mol. The van der Waals surface area contributed by atoms with Gasteiger partial charge >= 0.3 is 0 Å². The topological polar surface area (TPSA) is 95.3 Å². The SMILES string of the molecule is CN(Cc1ccccc1)C(=O)Cn1nc(C(=O)[O-])c2ccccc2c1=O. The number of carbonyl (C=O) groups excluding carboxylic acids is 2. The lowest BCUT2D eigenvalue weighted by Crippen LogP contribution is -2.37. The van der Waals surface area contributed by atoms with Crippen molar-refractivity contribution in [2.24, 2.45) is 0 Å². The molecule has 1 amide bonds. The molecule has 0 aliphatic rings. The zero-order valence-corrected chi connectivity index (χ0v) is 14.1. The molecule has 1 aromatic heterocycles. The van der Waals surface area contributed by atoms with Crippen LogP contribution in [-0.4, -0.2) is 33.6 Å². The molecule has 0 N–H and O–H groups in total. The van der Waals surface area contributed by atoms with E-state index in [4.69, 9.17) is 0 Å². The number of amides is 1. The van der Waals surface area contributed by atoms with Gasteiger partial charge < -0.3 is 14.8 Å². The fourth-order valence-corrected chi connectivity index (χ4v) is 2.69.